The minimum Gasteiger partial charge on any atom is -0.427 e. The lowest BCUT2D eigenvalue weighted by Crippen LogP contribution is -2.24. The number of Topliss-reactive ketones (excluding diaryl/α,β-unsaturated/α-hetero) is 1. The Bertz CT molecular complexity index is 446. The van der Waals surface area contributed by atoms with Gasteiger partial charge in [0.15, 0.2) is 23.0 Å². The minimum atomic E-state index is -3.28. The van der Waals surface area contributed by atoms with E-state index >= 15 is 0 Å². The molecule has 0 spiro atoms. The average molecular weight is 436 g/mol. The summed E-state index contributed by atoms with van der Waals surface area (Å²) in [5.41, 5.74) is 0.418. The molecule has 6 heteroatoms. The number of benzene rings is 1. The van der Waals surface area contributed by atoms with E-state index in [1.807, 2.05) is 22.6 Å². The molecule has 1 aliphatic carbocycles. The molecular weight excluding hydrogens is 432 g/mol. The summed E-state index contributed by atoms with van der Waals surface area (Å²) in [6.45, 7) is 0. The summed E-state index contributed by atoms with van der Waals surface area (Å²) in [7, 11) is 0. The van der Waals surface area contributed by atoms with Crippen molar-refractivity contribution in [1.29, 1.82) is 0 Å². The van der Waals surface area contributed by atoms with Gasteiger partial charge in [0.05, 0.1) is 0 Å². The van der Waals surface area contributed by atoms with Gasteiger partial charge < -0.3 is 3.07 Å². The average Bonchev–Trinajstić information content (AvgIpc) is 2.40. The van der Waals surface area contributed by atoms with E-state index in [9.17, 15) is 13.6 Å². The first-order chi connectivity index (χ1) is 6.97. The smallest absolute Gasteiger partial charge is 0.313 e. The Morgan fingerprint density at radius 3 is 2.67 bits per heavy atom. The summed E-state index contributed by atoms with van der Waals surface area (Å²) < 4.78 is 31.9. The molecule has 0 N–H and O–H groups in total. The molecule has 2 rings (SSSR count). The fourth-order valence-corrected chi connectivity index (χ4v) is 2.74. The molecule has 80 valence electrons. The summed E-state index contributed by atoms with van der Waals surface area (Å²) >= 11 is 3.50. The Kier molecular flexibility index (Phi) is 2.91. The van der Waals surface area contributed by atoms with Crippen LogP contribution in [0.15, 0.2) is 12.1 Å². The van der Waals surface area contributed by atoms with Crippen molar-refractivity contribution in [2.45, 2.75) is 12.3 Å². The number of hydrogen-bond acceptors (Lipinski definition) is 2. The highest BCUT2D eigenvalue weighted by Crippen LogP contribution is 2.41. The van der Waals surface area contributed by atoms with Gasteiger partial charge >= 0.3 is 5.92 Å². The van der Waals surface area contributed by atoms with Crippen molar-refractivity contribution in [3.63, 3.8) is 0 Å². The molecule has 15 heavy (non-hydrogen) atoms. The Labute approximate surface area is 112 Å². The fraction of sp³-hybridized carbons (Fsp3) is 0.222. The van der Waals surface area contributed by atoms with E-state index in [-0.39, 0.29) is 5.56 Å². The van der Waals surface area contributed by atoms with Crippen molar-refractivity contribution in [2.24, 2.45) is 0 Å². The second kappa shape index (κ2) is 3.79. The predicted octanol–water partition coefficient (Wildman–Crippen LogP) is 3.39. The minimum absolute atomic E-state index is 0.106. The molecule has 0 aliphatic heterocycles. The molecule has 0 heterocycles. The molecule has 0 saturated heterocycles. The Hall–Kier alpha value is 0.01000. The van der Waals surface area contributed by atoms with E-state index in [4.69, 9.17) is 3.07 Å². The van der Waals surface area contributed by atoms with Crippen molar-refractivity contribution in [3.8, 4) is 5.75 Å². The van der Waals surface area contributed by atoms with Gasteiger partial charge in [0.1, 0.15) is 5.75 Å². The van der Waals surface area contributed by atoms with Crippen LogP contribution in [0.3, 0.4) is 0 Å². The van der Waals surface area contributed by atoms with Crippen LogP contribution in [0.25, 0.3) is 0 Å². The number of hydrogen-bond donors (Lipinski definition) is 0. The normalized spacial score (nSPS) is 17.7. The van der Waals surface area contributed by atoms with Crippen LogP contribution in [0.1, 0.15) is 15.9 Å². The maximum Gasteiger partial charge on any atom is 0.313 e. The van der Waals surface area contributed by atoms with Gasteiger partial charge in [-0.25, -0.2) is 0 Å². The number of rotatable bonds is 1. The summed E-state index contributed by atoms with van der Waals surface area (Å²) in [5, 5.41) is 0. The number of ketones is 1. The van der Waals surface area contributed by atoms with Crippen molar-refractivity contribution in [3.05, 3.63) is 26.8 Å². The van der Waals surface area contributed by atoms with Gasteiger partial charge in [-0.1, -0.05) is 0 Å². The topological polar surface area (TPSA) is 26.3 Å². The van der Waals surface area contributed by atoms with Crippen LogP contribution in [-0.2, 0) is 6.42 Å². The number of alkyl halides is 2. The zero-order valence-electron chi connectivity index (χ0n) is 7.19. The van der Waals surface area contributed by atoms with E-state index in [0.717, 1.165) is 0 Å². The highest BCUT2D eigenvalue weighted by Gasteiger charge is 2.49. The summed E-state index contributed by atoms with van der Waals surface area (Å²) in [6.07, 6.45) is -0.559. The van der Waals surface area contributed by atoms with Crippen LogP contribution >= 0.6 is 45.6 Å². The molecular formula is C9H4F2I2O2. The van der Waals surface area contributed by atoms with E-state index in [1.54, 1.807) is 35.1 Å². The maximum atomic E-state index is 13.2. The van der Waals surface area contributed by atoms with E-state index in [2.05, 4.69) is 0 Å². The molecule has 0 bridgehead atoms. The standard InChI is InChI=1S/C9H4F2I2O2/c10-9(11)3-4-6(15-13)2-1-5(12)7(4)8(9)14/h1-2H,3H2. The number of carbonyl (C=O) groups excluding carboxylic acids is 1. The van der Waals surface area contributed by atoms with Crippen LogP contribution in [0.2, 0.25) is 0 Å². The first kappa shape index (κ1) is 11.5. The summed E-state index contributed by atoms with van der Waals surface area (Å²) in [4.78, 5) is 11.4. The van der Waals surface area contributed by atoms with Gasteiger partial charge in [0.25, 0.3) is 0 Å². The molecule has 0 amide bonds. The molecule has 1 aromatic rings. The highest BCUT2D eigenvalue weighted by molar-refractivity contribution is 14.1. The number of fused-ring (bicyclic) bond motifs is 1. The largest absolute Gasteiger partial charge is 0.427 e. The predicted molar refractivity (Wildman–Crippen MR) is 66.8 cm³/mol. The molecule has 2 nitrogen and oxygen atoms in total. The first-order valence-electron chi connectivity index (χ1n) is 4.00. The zero-order valence-corrected chi connectivity index (χ0v) is 11.5. The van der Waals surface area contributed by atoms with E-state index in [1.165, 1.54) is 0 Å². The number of halogens is 4. The molecule has 0 saturated carbocycles. The van der Waals surface area contributed by atoms with E-state index in [0.29, 0.717) is 14.9 Å². The third-order valence-corrected chi connectivity index (χ3v) is 3.63. The Morgan fingerprint density at radius 2 is 2.07 bits per heavy atom. The summed E-state index contributed by atoms with van der Waals surface area (Å²) in [6, 6.07) is 3.20. The molecule has 0 unspecified atom stereocenters. The molecule has 1 aliphatic rings. The molecule has 0 aromatic heterocycles. The van der Waals surface area contributed by atoms with Crippen LogP contribution in [0.5, 0.6) is 5.75 Å². The van der Waals surface area contributed by atoms with Crippen molar-refractivity contribution >= 4 is 51.4 Å². The van der Waals surface area contributed by atoms with Gasteiger partial charge in [-0.2, -0.15) is 8.78 Å². The fourth-order valence-electron chi connectivity index (χ4n) is 1.58. The zero-order chi connectivity index (χ0) is 11.2. The lowest BCUT2D eigenvalue weighted by Gasteiger charge is -2.04. The van der Waals surface area contributed by atoms with Gasteiger partial charge in [-0.15, -0.1) is 0 Å². The van der Waals surface area contributed by atoms with Gasteiger partial charge in [-0.3, -0.25) is 4.79 Å². The Balaban J connectivity index is 2.67. The Morgan fingerprint density at radius 1 is 1.40 bits per heavy atom. The molecule has 0 atom stereocenters. The number of carbonyl (C=O) groups is 1. The van der Waals surface area contributed by atoms with E-state index < -0.39 is 18.1 Å². The van der Waals surface area contributed by atoms with Crippen molar-refractivity contribution in [2.75, 3.05) is 0 Å². The lowest BCUT2D eigenvalue weighted by atomic mass is 10.1. The second-order valence-corrected chi connectivity index (χ2v) is 4.79. The van der Waals surface area contributed by atoms with Crippen LogP contribution in [0.4, 0.5) is 8.78 Å². The van der Waals surface area contributed by atoms with Crippen molar-refractivity contribution < 1.29 is 16.6 Å². The third kappa shape index (κ3) is 1.75. The second-order valence-electron chi connectivity index (χ2n) is 3.19. The highest BCUT2D eigenvalue weighted by atomic mass is 127. The van der Waals surface area contributed by atoms with Crippen LogP contribution < -0.4 is 3.07 Å². The van der Waals surface area contributed by atoms with Gasteiger partial charge in [0.2, 0.25) is 5.78 Å². The maximum absolute atomic E-state index is 13.2. The van der Waals surface area contributed by atoms with Gasteiger partial charge in [-0.05, 0) is 34.7 Å². The third-order valence-electron chi connectivity index (χ3n) is 2.26. The van der Waals surface area contributed by atoms with Crippen LogP contribution in [-0.4, -0.2) is 11.7 Å². The SMILES string of the molecule is O=C1c2c(I)ccc(OI)c2CC1(F)F. The van der Waals surface area contributed by atoms with Crippen molar-refractivity contribution in [1.82, 2.24) is 0 Å². The molecule has 0 fully saturated rings. The molecule has 1 aromatic carbocycles. The first-order valence-corrected chi connectivity index (χ1v) is 5.96. The monoisotopic (exact) mass is 436 g/mol. The van der Waals surface area contributed by atoms with Gasteiger partial charge in [0, 0.05) is 21.1 Å². The quantitative estimate of drug-likeness (QED) is 0.632. The molecule has 0 radical (unpaired) electrons. The van der Waals surface area contributed by atoms with Crippen LogP contribution in [0, 0.1) is 3.57 Å². The lowest BCUT2D eigenvalue weighted by molar-refractivity contribution is 0.0166. The summed E-state index contributed by atoms with van der Waals surface area (Å²) in [5.74, 6) is -4.04.